The van der Waals surface area contributed by atoms with Crippen LogP contribution in [0.3, 0.4) is 0 Å². The van der Waals surface area contributed by atoms with E-state index >= 15 is 0 Å². The van der Waals surface area contributed by atoms with Crippen molar-refractivity contribution in [1.82, 2.24) is 0 Å². The molecule has 27 heavy (non-hydrogen) atoms. The highest BCUT2D eigenvalue weighted by Crippen LogP contribution is 2.29. The number of thioether (sulfide) groups is 2. The van der Waals surface area contributed by atoms with Gasteiger partial charge in [0.15, 0.2) is 0 Å². The van der Waals surface area contributed by atoms with E-state index < -0.39 is 0 Å². The molecule has 0 spiro atoms. The van der Waals surface area contributed by atoms with Crippen LogP contribution in [-0.2, 0) is 11.5 Å². The van der Waals surface area contributed by atoms with Gasteiger partial charge in [-0.3, -0.25) is 0 Å². The maximum absolute atomic E-state index is 5.98. The second-order valence-electron chi connectivity index (χ2n) is 6.08. The summed E-state index contributed by atoms with van der Waals surface area (Å²) in [6, 6.07) is 27.8. The Morgan fingerprint density at radius 2 is 1.22 bits per heavy atom. The second kappa shape index (κ2) is 11.5. The van der Waals surface area contributed by atoms with Crippen molar-refractivity contribution < 1.29 is 4.74 Å². The van der Waals surface area contributed by atoms with Gasteiger partial charge in [-0.15, -0.1) is 23.5 Å². The van der Waals surface area contributed by atoms with Gasteiger partial charge in [-0.2, -0.15) is 0 Å². The Morgan fingerprint density at radius 3 is 1.70 bits per heavy atom. The first-order valence-corrected chi connectivity index (χ1v) is 12.1. The van der Waals surface area contributed by atoms with E-state index in [1.807, 2.05) is 23.5 Å². The lowest BCUT2D eigenvalue weighted by atomic mass is 10.1. The number of alkyl halides is 1. The zero-order valence-electron chi connectivity index (χ0n) is 15.1. The van der Waals surface area contributed by atoms with E-state index in [4.69, 9.17) is 4.74 Å². The van der Waals surface area contributed by atoms with Crippen LogP contribution in [0.2, 0.25) is 0 Å². The van der Waals surface area contributed by atoms with Crippen LogP contribution in [0.5, 0.6) is 5.75 Å². The number of halogens is 1. The molecule has 0 saturated heterocycles. The third-order valence-corrected chi connectivity index (χ3v) is 6.60. The largest absolute Gasteiger partial charge is 0.494 e. The lowest BCUT2D eigenvalue weighted by Crippen LogP contribution is -1.99. The lowest BCUT2D eigenvalue weighted by Gasteiger charge is -2.11. The fraction of sp³-hybridized carbons (Fsp3) is 0.217. The zero-order chi connectivity index (χ0) is 18.7. The first kappa shape index (κ1) is 20.4. The molecule has 0 saturated carbocycles. The predicted molar refractivity (Wildman–Crippen MR) is 122 cm³/mol. The van der Waals surface area contributed by atoms with Crippen molar-refractivity contribution in [3.05, 3.63) is 90.0 Å². The Hall–Kier alpha value is -1.36. The van der Waals surface area contributed by atoms with E-state index in [1.54, 1.807) is 0 Å². The highest BCUT2D eigenvalue weighted by atomic mass is 79.9. The fourth-order valence-corrected chi connectivity index (χ4v) is 4.52. The van der Waals surface area contributed by atoms with E-state index in [-0.39, 0.29) is 0 Å². The van der Waals surface area contributed by atoms with Crippen LogP contribution >= 0.6 is 39.5 Å². The number of ether oxygens (including phenoxy) is 1. The molecule has 0 aliphatic heterocycles. The van der Waals surface area contributed by atoms with Crippen LogP contribution in [-0.4, -0.2) is 11.9 Å². The van der Waals surface area contributed by atoms with Crippen molar-refractivity contribution in [2.45, 2.75) is 27.7 Å². The Kier molecular flexibility index (Phi) is 8.66. The molecule has 0 radical (unpaired) electrons. The summed E-state index contributed by atoms with van der Waals surface area (Å²) in [7, 11) is 0. The first-order chi connectivity index (χ1) is 13.3. The molecule has 0 aliphatic carbocycles. The van der Waals surface area contributed by atoms with Crippen LogP contribution in [0.4, 0.5) is 0 Å². The minimum atomic E-state index is 0.742. The Labute approximate surface area is 179 Å². The van der Waals surface area contributed by atoms with Gasteiger partial charge >= 0.3 is 0 Å². The maximum Gasteiger partial charge on any atom is 0.119 e. The Bertz CT molecular complexity index is 747. The van der Waals surface area contributed by atoms with Crippen molar-refractivity contribution in [3.63, 3.8) is 0 Å². The normalized spacial score (nSPS) is 10.7. The summed E-state index contributed by atoms with van der Waals surface area (Å²) in [6.45, 7) is 0.742. The van der Waals surface area contributed by atoms with Gasteiger partial charge in [-0.25, -0.2) is 0 Å². The zero-order valence-corrected chi connectivity index (χ0v) is 18.4. The molecule has 3 aromatic carbocycles. The third kappa shape index (κ3) is 7.28. The van der Waals surface area contributed by atoms with Gasteiger partial charge in [0.05, 0.1) is 6.61 Å². The number of hydrogen-bond acceptors (Lipinski definition) is 3. The van der Waals surface area contributed by atoms with E-state index in [1.165, 1.54) is 20.9 Å². The average molecular weight is 459 g/mol. The smallest absolute Gasteiger partial charge is 0.119 e. The van der Waals surface area contributed by atoms with E-state index in [0.717, 1.165) is 35.6 Å². The van der Waals surface area contributed by atoms with Crippen LogP contribution in [0.15, 0.2) is 88.7 Å². The summed E-state index contributed by atoms with van der Waals surface area (Å²) in [4.78, 5) is 2.59. The topological polar surface area (TPSA) is 9.23 Å². The molecule has 0 bridgehead atoms. The highest BCUT2D eigenvalue weighted by molar-refractivity contribution is 9.09. The van der Waals surface area contributed by atoms with Crippen LogP contribution in [0.1, 0.15) is 17.5 Å². The quantitative estimate of drug-likeness (QED) is 0.177. The molecule has 0 aromatic heterocycles. The highest BCUT2D eigenvalue weighted by Gasteiger charge is 2.05. The molecule has 3 aromatic rings. The molecule has 0 heterocycles. The van der Waals surface area contributed by atoms with Crippen molar-refractivity contribution in [2.24, 2.45) is 0 Å². The van der Waals surface area contributed by atoms with Gasteiger partial charge < -0.3 is 4.74 Å². The second-order valence-corrected chi connectivity index (χ2v) is 8.97. The van der Waals surface area contributed by atoms with Gasteiger partial charge in [0, 0.05) is 26.6 Å². The summed E-state index contributed by atoms with van der Waals surface area (Å²) in [5.41, 5.74) is 2.62. The SMILES string of the molecule is BrCCCOc1cc(CSc2ccccc2)cc(CSc2ccccc2)c1. The molecule has 1 nitrogen and oxygen atoms in total. The van der Waals surface area contributed by atoms with Crippen molar-refractivity contribution in [2.75, 3.05) is 11.9 Å². The average Bonchev–Trinajstić information content (AvgIpc) is 2.72. The molecular weight excluding hydrogens is 436 g/mol. The fourth-order valence-electron chi connectivity index (χ4n) is 2.59. The molecule has 0 unspecified atom stereocenters. The van der Waals surface area contributed by atoms with Gasteiger partial charge in [0.1, 0.15) is 5.75 Å². The van der Waals surface area contributed by atoms with E-state index in [0.29, 0.717) is 0 Å². The number of rotatable bonds is 10. The molecule has 0 amide bonds. The van der Waals surface area contributed by atoms with Crippen LogP contribution < -0.4 is 4.74 Å². The minimum Gasteiger partial charge on any atom is -0.494 e. The van der Waals surface area contributed by atoms with Gasteiger partial charge in [-0.05, 0) is 53.9 Å². The standard InChI is InChI=1S/C23H23BrOS2/c24-12-7-13-25-21-15-19(17-26-22-8-3-1-4-9-22)14-20(16-21)18-27-23-10-5-2-6-11-23/h1-6,8-11,14-16H,7,12-13,17-18H2. The Balaban J connectivity index is 1.69. The number of hydrogen-bond donors (Lipinski definition) is 0. The lowest BCUT2D eigenvalue weighted by molar-refractivity contribution is 0.318. The summed E-state index contributed by atoms with van der Waals surface area (Å²) >= 11 is 7.19. The van der Waals surface area contributed by atoms with Gasteiger partial charge in [-0.1, -0.05) is 58.4 Å². The Morgan fingerprint density at radius 1 is 0.704 bits per heavy atom. The summed E-state index contributed by atoms with van der Waals surface area (Å²) < 4.78 is 5.98. The van der Waals surface area contributed by atoms with Crippen molar-refractivity contribution in [1.29, 1.82) is 0 Å². The molecule has 3 rings (SSSR count). The molecule has 0 N–H and O–H groups in total. The maximum atomic E-state index is 5.98. The van der Waals surface area contributed by atoms with Gasteiger partial charge in [0.25, 0.3) is 0 Å². The summed E-state index contributed by atoms with van der Waals surface area (Å²) in [5.74, 6) is 2.87. The van der Waals surface area contributed by atoms with Crippen LogP contribution in [0, 0.1) is 0 Å². The predicted octanol–water partition coefficient (Wildman–Crippen LogP) is 7.44. The van der Waals surface area contributed by atoms with Crippen molar-refractivity contribution >= 4 is 39.5 Å². The first-order valence-electron chi connectivity index (χ1n) is 9.01. The third-order valence-electron chi connectivity index (χ3n) is 3.87. The molecule has 140 valence electrons. The number of benzene rings is 3. The van der Waals surface area contributed by atoms with E-state index in [9.17, 15) is 0 Å². The monoisotopic (exact) mass is 458 g/mol. The van der Waals surface area contributed by atoms with Crippen molar-refractivity contribution in [3.8, 4) is 5.75 Å². The van der Waals surface area contributed by atoms with E-state index in [2.05, 4.69) is 94.8 Å². The summed E-state index contributed by atoms with van der Waals surface area (Å²) in [5, 5.41) is 0.966. The minimum absolute atomic E-state index is 0.742. The molecule has 0 fully saturated rings. The molecule has 4 heteroatoms. The summed E-state index contributed by atoms with van der Waals surface area (Å²) in [6.07, 6.45) is 1.01. The molecule has 0 aliphatic rings. The van der Waals surface area contributed by atoms with Crippen LogP contribution in [0.25, 0.3) is 0 Å². The molecular formula is C23H23BrOS2. The van der Waals surface area contributed by atoms with Gasteiger partial charge in [0.2, 0.25) is 0 Å². The molecule has 0 atom stereocenters.